The second-order valence-corrected chi connectivity index (χ2v) is 5.06. The molecule has 0 aromatic carbocycles. The first kappa shape index (κ1) is 19.0. The van der Waals surface area contributed by atoms with Gasteiger partial charge >= 0.3 is 0 Å². The smallest absolute Gasteiger partial charge is 0.191 e. The van der Waals surface area contributed by atoms with Gasteiger partial charge in [0.25, 0.3) is 0 Å². The maximum atomic E-state index is 4.99. The Morgan fingerprint density at radius 1 is 1.16 bits per heavy atom. The number of guanidine groups is 1. The average Bonchev–Trinajstić information content (AvgIpc) is 2.89. The molecule has 114 valence electrons. The number of hydrogen-bond acceptors (Lipinski definition) is 2. The van der Waals surface area contributed by atoms with E-state index in [1.807, 2.05) is 0 Å². The Morgan fingerprint density at radius 2 is 1.84 bits per heavy atom. The highest BCUT2D eigenvalue weighted by atomic mass is 127. The van der Waals surface area contributed by atoms with Crippen LogP contribution in [0.2, 0.25) is 0 Å². The van der Waals surface area contributed by atoms with Gasteiger partial charge in [0.15, 0.2) is 5.96 Å². The van der Waals surface area contributed by atoms with Crippen molar-refractivity contribution in [2.75, 3.05) is 33.9 Å². The van der Waals surface area contributed by atoms with Crippen LogP contribution in [0.25, 0.3) is 0 Å². The number of unbranched alkanes of at least 4 members (excludes halogenated alkanes) is 1. The number of ether oxygens (including phenoxy) is 1. The van der Waals surface area contributed by atoms with E-state index >= 15 is 0 Å². The molecule has 1 saturated carbocycles. The first-order valence-corrected chi connectivity index (χ1v) is 7.30. The van der Waals surface area contributed by atoms with Gasteiger partial charge in [-0.2, -0.15) is 0 Å². The van der Waals surface area contributed by atoms with Crippen LogP contribution in [0.15, 0.2) is 4.99 Å². The maximum Gasteiger partial charge on any atom is 0.191 e. The molecule has 0 atom stereocenters. The summed E-state index contributed by atoms with van der Waals surface area (Å²) in [5.41, 5.74) is 0. The molecule has 0 aromatic rings. The number of nitrogens with zero attached hydrogens (tertiary/aromatic N) is 1. The van der Waals surface area contributed by atoms with Crippen LogP contribution in [0, 0.1) is 5.92 Å². The number of aliphatic imine (C=N–C) groups is 1. The van der Waals surface area contributed by atoms with Gasteiger partial charge in [-0.05, 0) is 12.3 Å². The maximum absolute atomic E-state index is 4.99. The van der Waals surface area contributed by atoms with Gasteiger partial charge in [0.05, 0.1) is 6.61 Å². The summed E-state index contributed by atoms with van der Waals surface area (Å²) in [5.74, 6) is 1.90. The molecule has 0 saturated heterocycles. The SMILES string of the molecule is CN=C(NCCCCC1CCCC1)NCCOC.I. The van der Waals surface area contributed by atoms with Gasteiger partial charge in [0, 0.05) is 27.2 Å². The summed E-state index contributed by atoms with van der Waals surface area (Å²) < 4.78 is 4.99. The van der Waals surface area contributed by atoms with Crippen LogP contribution in [-0.2, 0) is 4.74 Å². The lowest BCUT2D eigenvalue weighted by Crippen LogP contribution is -2.39. The average molecular weight is 383 g/mol. The van der Waals surface area contributed by atoms with Crippen molar-refractivity contribution >= 4 is 29.9 Å². The molecule has 0 bridgehead atoms. The van der Waals surface area contributed by atoms with Gasteiger partial charge in [0.2, 0.25) is 0 Å². The molecule has 1 rings (SSSR count). The van der Waals surface area contributed by atoms with Crippen LogP contribution < -0.4 is 10.6 Å². The third kappa shape index (κ3) is 9.49. The molecule has 0 unspecified atom stereocenters. The normalized spacial score (nSPS) is 16.2. The molecular formula is C14H30IN3O. The summed E-state index contributed by atoms with van der Waals surface area (Å²) in [5, 5.41) is 6.55. The lowest BCUT2D eigenvalue weighted by Gasteiger charge is -2.12. The summed E-state index contributed by atoms with van der Waals surface area (Å²) in [6.07, 6.45) is 9.84. The van der Waals surface area contributed by atoms with E-state index < -0.39 is 0 Å². The highest BCUT2D eigenvalue weighted by Crippen LogP contribution is 2.28. The van der Waals surface area contributed by atoms with Crippen LogP contribution >= 0.6 is 24.0 Å². The van der Waals surface area contributed by atoms with Crippen molar-refractivity contribution in [3.8, 4) is 0 Å². The van der Waals surface area contributed by atoms with E-state index in [1.165, 1.54) is 44.9 Å². The Bertz CT molecular complexity index is 231. The zero-order valence-corrected chi connectivity index (χ0v) is 14.7. The van der Waals surface area contributed by atoms with E-state index in [4.69, 9.17) is 4.74 Å². The van der Waals surface area contributed by atoms with Gasteiger partial charge in [0.1, 0.15) is 0 Å². The first-order valence-electron chi connectivity index (χ1n) is 7.30. The van der Waals surface area contributed by atoms with Crippen LogP contribution in [0.3, 0.4) is 0 Å². The van der Waals surface area contributed by atoms with E-state index in [1.54, 1.807) is 14.2 Å². The number of rotatable bonds is 8. The molecule has 1 fully saturated rings. The minimum atomic E-state index is 0. The Morgan fingerprint density at radius 3 is 2.47 bits per heavy atom. The van der Waals surface area contributed by atoms with Crippen molar-refractivity contribution in [3.63, 3.8) is 0 Å². The van der Waals surface area contributed by atoms with Crippen LogP contribution in [0.5, 0.6) is 0 Å². The number of methoxy groups -OCH3 is 1. The Balaban J connectivity index is 0.00000324. The highest BCUT2D eigenvalue weighted by molar-refractivity contribution is 14.0. The largest absolute Gasteiger partial charge is 0.383 e. The minimum absolute atomic E-state index is 0. The summed E-state index contributed by atoms with van der Waals surface area (Å²) in [6.45, 7) is 2.53. The number of halogens is 1. The lowest BCUT2D eigenvalue weighted by atomic mass is 10.0. The second kappa shape index (κ2) is 13.0. The van der Waals surface area contributed by atoms with E-state index in [9.17, 15) is 0 Å². The predicted octanol–water partition coefficient (Wildman–Crippen LogP) is 2.78. The van der Waals surface area contributed by atoms with Crippen LogP contribution in [-0.4, -0.2) is 39.8 Å². The molecule has 1 aliphatic carbocycles. The summed E-state index contributed by atoms with van der Waals surface area (Å²) in [7, 11) is 3.52. The topological polar surface area (TPSA) is 45.7 Å². The van der Waals surface area contributed by atoms with Crippen molar-refractivity contribution < 1.29 is 4.74 Å². The molecule has 5 heteroatoms. The molecule has 0 amide bonds. The quantitative estimate of drug-likeness (QED) is 0.293. The summed E-state index contributed by atoms with van der Waals surface area (Å²) in [6, 6.07) is 0. The molecule has 0 spiro atoms. The second-order valence-electron chi connectivity index (χ2n) is 5.06. The van der Waals surface area contributed by atoms with Crippen molar-refractivity contribution in [3.05, 3.63) is 0 Å². The monoisotopic (exact) mass is 383 g/mol. The summed E-state index contributed by atoms with van der Waals surface area (Å²) in [4.78, 5) is 4.17. The molecule has 1 aliphatic rings. The molecule has 0 radical (unpaired) electrons. The van der Waals surface area contributed by atoms with Crippen molar-refractivity contribution in [1.29, 1.82) is 0 Å². The molecule has 4 nitrogen and oxygen atoms in total. The number of nitrogens with one attached hydrogen (secondary N) is 2. The van der Waals surface area contributed by atoms with E-state index in [-0.39, 0.29) is 24.0 Å². The lowest BCUT2D eigenvalue weighted by molar-refractivity contribution is 0.203. The third-order valence-corrected chi connectivity index (χ3v) is 3.63. The van der Waals surface area contributed by atoms with Crippen molar-refractivity contribution in [2.45, 2.75) is 44.9 Å². The first-order chi connectivity index (χ1) is 8.86. The number of hydrogen-bond donors (Lipinski definition) is 2. The van der Waals surface area contributed by atoms with Gasteiger partial charge in [-0.1, -0.05) is 38.5 Å². The van der Waals surface area contributed by atoms with Gasteiger partial charge in [-0.3, -0.25) is 4.99 Å². The fraction of sp³-hybridized carbons (Fsp3) is 0.929. The molecule has 0 heterocycles. The summed E-state index contributed by atoms with van der Waals surface area (Å²) >= 11 is 0. The zero-order chi connectivity index (χ0) is 13.1. The predicted molar refractivity (Wildman–Crippen MR) is 92.5 cm³/mol. The highest BCUT2D eigenvalue weighted by Gasteiger charge is 2.13. The third-order valence-electron chi connectivity index (χ3n) is 3.63. The molecule has 0 aliphatic heterocycles. The molecular weight excluding hydrogens is 353 g/mol. The fourth-order valence-electron chi connectivity index (χ4n) is 2.56. The van der Waals surface area contributed by atoms with Crippen molar-refractivity contribution in [1.82, 2.24) is 10.6 Å². The van der Waals surface area contributed by atoms with Gasteiger partial charge in [-0.25, -0.2) is 0 Å². The Hall–Kier alpha value is -0.0400. The van der Waals surface area contributed by atoms with Crippen molar-refractivity contribution in [2.24, 2.45) is 10.9 Å². The Kier molecular flexibility index (Phi) is 12.9. The molecule has 19 heavy (non-hydrogen) atoms. The Labute approximate surface area is 135 Å². The minimum Gasteiger partial charge on any atom is -0.383 e. The van der Waals surface area contributed by atoms with Crippen LogP contribution in [0.4, 0.5) is 0 Å². The standard InChI is InChI=1S/C14H29N3O.HI/c1-15-14(17-11-12-18-2)16-10-6-5-9-13-7-3-4-8-13;/h13H,3-12H2,1-2H3,(H2,15,16,17);1H. The zero-order valence-electron chi connectivity index (χ0n) is 12.4. The molecule has 0 aromatic heterocycles. The van der Waals surface area contributed by atoms with Gasteiger partial charge in [-0.15, -0.1) is 24.0 Å². The van der Waals surface area contributed by atoms with E-state index in [0.29, 0.717) is 6.61 Å². The van der Waals surface area contributed by atoms with E-state index in [0.717, 1.165) is 25.0 Å². The van der Waals surface area contributed by atoms with Crippen LogP contribution in [0.1, 0.15) is 44.9 Å². The van der Waals surface area contributed by atoms with E-state index in [2.05, 4.69) is 15.6 Å². The van der Waals surface area contributed by atoms with Gasteiger partial charge < -0.3 is 15.4 Å². The fourth-order valence-corrected chi connectivity index (χ4v) is 2.56. The molecule has 2 N–H and O–H groups in total.